The Kier molecular flexibility index (Phi) is 8.88. The number of alkyl halides is 7. The van der Waals surface area contributed by atoms with E-state index in [1.807, 2.05) is 0 Å². The molecule has 0 heterocycles. The average molecular weight is 498 g/mol. The standard InChI is InChI=1S/C11H5Cl4F5N2O2S2/c12-7(13)25-9(23)21(19)4-1-2-5(11(16,17)18)6(3-4)22(20)10(24)26-8(14)15/h1-3,7-8H. The van der Waals surface area contributed by atoms with Crippen LogP contribution in [0.5, 0.6) is 0 Å². The highest BCUT2D eigenvalue weighted by Crippen LogP contribution is 2.41. The lowest BCUT2D eigenvalue weighted by Gasteiger charge is -2.20. The lowest BCUT2D eigenvalue weighted by atomic mass is 10.1. The number of benzene rings is 1. The number of amides is 2. The number of hydrogen-bond donors (Lipinski definition) is 0. The summed E-state index contributed by atoms with van der Waals surface area (Å²) in [6.45, 7) is 0. The molecule has 0 unspecified atom stereocenters. The number of hydrogen-bond acceptors (Lipinski definition) is 4. The van der Waals surface area contributed by atoms with Crippen molar-refractivity contribution < 1.29 is 31.7 Å². The van der Waals surface area contributed by atoms with Gasteiger partial charge in [0.2, 0.25) is 0 Å². The Morgan fingerprint density at radius 2 is 1.38 bits per heavy atom. The Morgan fingerprint density at radius 3 is 1.81 bits per heavy atom. The van der Waals surface area contributed by atoms with E-state index < -0.39 is 52.2 Å². The van der Waals surface area contributed by atoms with Gasteiger partial charge in [0.15, 0.2) is 8.34 Å². The molecule has 4 nitrogen and oxygen atoms in total. The van der Waals surface area contributed by atoms with Crippen molar-refractivity contribution in [3.8, 4) is 0 Å². The maximum absolute atomic E-state index is 14.1. The first-order chi connectivity index (χ1) is 11.8. The number of anilines is 2. The summed E-state index contributed by atoms with van der Waals surface area (Å²) in [4.78, 5) is 23.1. The number of rotatable bonds is 4. The SMILES string of the molecule is O=C(SC(Cl)Cl)N(F)c1ccc(C(F)(F)F)c(N(F)C(=O)SC(Cl)Cl)c1. The third-order valence-corrected chi connectivity index (χ3v) is 4.57. The molecule has 0 aliphatic carbocycles. The molecule has 146 valence electrons. The molecule has 0 aliphatic heterocycles. The highest BCUT2D eigenvalue weighted by atomic mass is 35.5. The number of carbonyl (C=O) groups is 2. The molecular formula is C11H5Cl4F5N2O2S2. The quantitative estimate of drug-likeness (QED) is 0.248. The van der Waals surface area contributed by atoms with Crippen molar-refractivity contribution in [3.05, 3.63) is 23.8 Å². The van der Waals surface area contributed by atoms with Gasteiger partial charge in [-0.25, -0.2) is 0 Å². The van der Waals surface area contributed by atoms with E-state index in [1.165, 1.54) is 0 Å². The zero-order chi connectivity index (χ0) is 20.2. The predicted molar refractivity (Wildman–Crippen MR) is 95.6 cm³/mol. The Hall–Kier alpha value is -0.330. The van der Waals surface area contributed by atoms with Crippen molar-refractivity contribution in [1.82, 2.24) is 0 Å². The molecule has 0 saturated carbocycles. The van der Waals surface area contributed by atoms with Gasteiger partial charge in [0.05, 0.1) is 16.9 Å². The lowest BCUT2D eigenvalue weighted by molar-refractivity contribution is -0.137. The normalized spacial score (nSPS) is 11.8. The van der Waals surface area contributed by atoms with E-state index in [0.29, 0.717) is 12.1 Å². The van der Waals surface area contributed by atoms with Crippen LogP contribution < -0.4 is 10.2 Å². The summed E-state index contributed by atoms with van der Waals surface area (Å²) in [5.74, 6) is 0. The molecule has 0 saturated heterocycles. The van der Waals surface area contributed by atoms with E-state index in [0.717, 1.165) is 0 Å². The Morgan fingerprint density at radius 1 is 0.923 bits per heavy atom. The first-order valence-corrected chi connectivity index (χ1v) is 9.45. The second-order valence-corrected chi connectivity index (χ2v) is 9.39. The molecule has 15 heteroatoms. The van der Waals surface area contributed by atoms with Crippen LogP contribution in [0.2, 0.25) is 0 Å². The molecule has 0 spiro atoms. The van der Waals surface area contributed by atoms with Gasteiger partial charge in [0, 0.05) is 0 Å². The molecule has 1 aromatic carbocycles. The van der Waals surface area contributed by atoms with Crippen molar-refractivity contribution in [3.63, 3.8) is 0 Å². The molecule has 0 fully saturated rings. The van der Waals surface area contributed by atoms with Crippen molar-refractivity contribution in [2.24, 2.45) is 0 Å². The highest BCUT2D eigenvalue weighted by Gasteiger charge is 2.38. The van der Waals surface area contributed by atoms with Crippen LogP contribution in [0.3, 0.4) is 0 Å². The molecular weight excluding hydrogens is 493 g/mol. The molecule has 1 rings (SSSR count). The highest BCUT2D eigenvalue weighted by molar-refractivity contribution is 8.16. The van der Waals surface area contributed by atoms with E-state index in [9.17, 15) is 31.7 Å². The smallest absolute Gasteiger partial charge is 0.259 e. The number of thioether (sulfide) groups is 2. The maximum atomic E-state index is 14.1. The molecule has 0 aliphatic rings. The van der Waals surface area contributed by atoms with Gasteiger partial charge < -0.3 is 0 Å². The van der Waals surface area contributed by atoms with Crippen molar-refractivity contribution in [2.75, 3.05) is 10.2 Å². The number of halogens is 9. The van der Waals surface area contributed by atoms with Crippen LogP contribution in [0.25, 0.3) is 0 Å². The van der Waals surface area contributed by atoms with Gasteiger partial charge in [0.25, 0.3) is 0 Å². The summed E-state index contributed by atoms with van der Waals surface area (Å²) in [6.07, 6.45) is -5.08. The van der Waals surface area contributed by atoms with Gasteiger partial charge in [-0.3, -0.25) is 9.59 Å². The van der Waals surface area contributed by atoms with Crippen LogP contribution in [-0.4, -0.2) is 18.8 Å². The van der Waals surface area contributed by atoms with Gasteiger partial charge in [-0.1, -0.05) is 55.4 Å². The topological polar surface area (TPSA) is 40.6 Å². The summed E-state index contributed by atoms with van der Waals surface area (Å²) in [6, 6.07) is 1.14. The van der Waals surface area contributed by atoms with E-state index in [-0.39, 0.29) is 29.6 Å². The van der Waals surface area contributed by atoms with Crippen LogP contribution in [0.15, 0.2) is 18.2 Å². The van der Waals surface area contributed by atoms with Crippen molar-refractivity contribution in [1.29, 1.82) is 0 Å². The predicted octanol–water partition coefficient (Wildman–Crippen LogP) is 7.32. The molecule has 0 aromatic heterocycles. The first kappa shape index (κ1) is 23.7. The third-order valence-electron chi connectivity index (χ3n) is 2.43. The summed E-state index contributed by atoms with van der Waals surface area (Å²) < 4.78 is 64.3. The molecule has 0 N–H and O–H groups in total. The van der Waals surface area contributed by atoms with Gasteiger partial charge in [-0.2, -0.15) is 13.2 Å². The summed E-state index contributed by atoms with van der Waals surface area (Å²) in [7, 11) is 0. The van der Waals surface area contributed by atoms with Crippen LogP contribution >= 0.6 is 69.9 Å². The van der Waals surface area contributed by atoms with Crippen LogP contribution in [-0.2, 0) is 6.18 Å². The molecule has 0 bridgehead atoms. The second-order valence-electron chi connectivity index (χ2n) is 4.05. The zero-order valence-corrected chi connectivity index (χ0v) is 16.5. The average Bonchev–Trinajstić information content (AvgIpc) is 2.50. The maximum Gasteiger partial charge on any atom is 0.418 e. The molecule has 0 radical (unpaired) electrons. The zero-order valence-electron chi connectivity index (χ0n) is 11.8. The lowest BCUT2D eigenvalue weighted by Crippen LogP contribution is -2.23. The molecule has 26 heavy (non-hydrogen) atoms. The van der Waals surface area contributed by atoms with Crippen LogP contribution in [0.4, 0.5) is 43.1 Å². The van der Waals surface area contributed by atoms with Crippen molar-refractivity contribution >= 4 is 91.8 Å². The monoisotopic (exact) mass is 496 g/mol. The summed E-state index contributed by atoms with van der Waals surface area (Å²) in [5, 5.41) is -4.48. The molecule has 0 atom stereocenters. The van der Waals surface area contributed by atoms with E-state index in [2.05, 4.69) is 0 Å². The summed E-state index contributed by atoms with van der Waals surface area (Å²) in [5.41, 5.74) is -3.76. The third kappa shape index (κ3) is 6.68. The Bertz CT molecular complexity index is 680. The Balaban J connectivity index is 3.31. The second kappa shape index (κ2) is 9.74. The van der Waals surface area contributed by atoms with Gasteiger partial charge in [-0.05, 0) is 41.7 Å². The number of nitrogens with zero attached hydrogens (tertiary/aromatic N) is 2. The molecule has 1 aromatic rings. The molecule has 2 amide bonds. The van der Waals surface area contributed by atoms with E-state index >= 15 is 0 Å². The minimum atomic E-state index is -5.08. The van der Waals surface area contributed by atoms with E-state index in [4.69, 9.17) is 46.4 Å². The van der Waals surface area contributed by atoms with Crippen LogP contribution in [0, 0.1) is 0 Å². The van der Waals surface area contributed by atoms with Gasteiger partial charge in [0.1, 0.15) is 0 Å². The summed E-state index contributed by atoms with van der Waals surface area (Å²) >= 11 is 21.2. The minimum absolute atomic E-state index is 0.0321. The van der Waals surface area contributed by atoms with Crippen LogP contribution in [0.1, 0.15) is 5.56 Å². The fraction of sp³-hybridized carbons (Fsp3) is 0.273. The Labute approximate surface area is 171 Å². The van der Waals surface area contributed by atoms with Gasteiger partial charge >= 0.3 is 16.7 Å². The first-order valence-electron chi connectivity index (χ1n) is 5.95. The minimum Gasteiger partial charge on any atom is -0.259 e. The fourth-order valence-electron chi connectivity index (χ4n) is 1.49. The largest absolute Gasteiger partial charge is 0.418 e. The van der Waals surface area contributed by atoms with Gasteiger partial charge in [-0.15, -0.1) is 10.2 Å². The van der Waals surface area contributed by atoms with Crippen molar-refractivity contribution in [2.45, 2.75) is 14.5 Å². The number of carbonyl (C=O) groups excluding carboxylic acids is 2. The van der Waals surface area contributed by atoms with E-state index in [1.54, 1.807) is 0 Å². The fourth-order valence-corrected chi connectivity index (χ4v) is 3.10.